The van der Waals surface area contributed by atoms with E-state index in [0.717, 1.165) is 11.1 Å². The fourth-order valence-corrected chi connectivity index (χ4v) is 3.90. The van der Waals surface area contributed by atoms with Gasteiger partial charge in [-0.3, -0.25) is 14.9 Å². The standard InChI is InChI=1S/C22H21F3N4O3/c1-2-32-20(31)21(10-13-5-3-4-6-14(13)11-21)26-12-18(30)27-15-7-8-16-17(9-15)29-19(28-16)22(23,24)25/h3-9,26H,2,10-12H2,1H3,(H,27,30)(H,28,29). The van der Waals surface area contributed by atoms with Crippen molar-refractivity contribution in [2.24, 2.45) is 0 Å². The molecular formula is C22H21F3N4O3. The van der Waals surface area contributed by atoms with Gasteiger partial charge in [0.25, 0.3) is 0 Å². The van der Waals surface area contributed by atoms with E-state index in [0.29, 0.717) is 18.5 Å². The van der Waals surface area contributed by atoms with E-state index in [1.165, 1.54) is 18.2 Å². The number of benzene rings is 2. The lowest BCUT2D eigenvalue weighted by atomic mass is 9.95. The summed E-state index contributed by atoms with van der Waals surface area (Å²) in [5, 5.41) is 5.69. The number of aromatic nitrogens is 2. The van der Waals surface area contributed by atoms with Gasteiger partial charge in [0.1, 0.15) is 5.54 Å². The summed E-state index contributed by atoms with van der Waals surface area (Å²) >= 11 is 0. The quantitative estimate of drug-likeness (QED) is 0.506. The number of halogens is 3. The molecule has 1 aliphatic carbocycles. The fraction of sp³-hybridized carbons (Fsp3) is 0.318. The van der Waals surface area contributed by atoms with Crippen molar-refractivity contribution >= 4 is 28.6 Å². The Bertz CT molecular complexity index is 1150. The van der Waals surface area contributed by atoms with Crippen molar-refractivity contribution in [3.8, 4) is 0 Å². The molecule has 0 fully saturated rings. The molecule has 3 aromatic rings. The van der Waals surface area contributed by atoms with E-state index in [2.05, 4.69) is 20.6 Å². The van der Waals surface area contributed by atoms with Crippen LogP contribution < -0.4 is 10.6 Å². The van der Waals surface area contributed by atoms with E-state index in [1.807, 2.05) is 24.3 Å². The van der Waals surface area contributed by atoms with Crippen LogP contribution in [-0.4, -0.2) is 40.5 Å². The molecule has 0 saturated heterocycles. The van der Waals surface area contributed by atoms with Crippen LogP contribution in [0, 0.1) is 0 Å². The molecule has 1 aromatic heterocycles. The number of aromatic amines is 1. The SMILES string of the molecule is CCOC(=O)C1(NCC(=O)Nc2ccc3nc(C(F)(F)F)[nH]c3c2)Cc2ccccc2C1. The van der Waals surface area contributed by atoms with E-state index >= 15 is 0 Å². The Kier molecular flexibility index (Phi) is 5.64. The molecule has 2 aromatic carbocycles. The number of rotatable bonds is 6. The molecule has 4 rings (SSSR count). The highest BCUT2D eigenvalue weighted by atomic mass is 19.4. The van der Waals surface area contributed by atoms with E-state index in [9.17, 15) is 22.8 Å². The van der Waals surface area contributed by atoms with Crippen LogP contribution in [0.15, 0.2) is 42.5 Å². The maximum absolute atomic E-state index is 12.8. The number of nitrogens with one attached hydrogen (secondary N) is 3. The third kappa shape index (κ3) is 4.31. The van der Waals surface area contributed by atoms with Crippen molar-refractivity contribution in [3.63, 3.8) is 0 Å². The van der Waals surface area contributed by atoms with Crippen molar-refractivity contribution in [1.82, 2.24) is 15.3 Å². The Morgan fingerprint density at radius 1 is 1.16 bits per heavy atom. The second-order valence-corrected chi connectivity index (χ2v) is 7.64. The number of alkyl halides is 3. The average molecular weight is 446 g/mol. The third-order valence-electron chi connectivity index (χ3n) is 5.39. The van der Waals surface area contributed by atoms with Gasteiger partial charge in [-0.2, -0.15) is 13.2 Å². The second kappa shape index (κ2) is 8.27. The van der Waals surface area contributed by atoms with Crippen LogP contribution in [0.1, 0.15) is 23.9 Å². The number of ether oxygens (including phenoxy) is 1. The molecule has 1 heterocycles. The molecule has 0 radical (unpaired) electrons. The normalized spacial score (nSPS) is 14.9. The molecule has 0 bridgehead atoms. The lowest BCUT2D eigenvalue weighted by molar-refractivity contribution is -0.151. The Hall–Kier alpha value is -3.40. The largest absolute Gasteiger partial charge is 0.465 e. The van der Waals surface area contributed by atoms with Gasteiger partial charge in [0.05, 0.1) is 24.2 Å². The zero-order chi connectivity index (χ0) is 22.9. The number of fused-ring (bicyclic) bond motifs is 2. The molecule has 0 aliphatic heterocycles. The van der Waals surface area contributed by atoms with Crippen LogP contribution in [0.3, 0.4) is 0 Å². The summed E-state index contributed by atoms with van der Waals surface area (Å²) in [6.07, 6.45) is -3.79. The van der Waals surface area contributed by atoms with Gasteiger partial charge in [0, 0.05) is 18.5 Å². The summed E-state index contributed by atoms with van der Waals surface area (Å²) in [4.78, 5) is 31.0. The molecule has 3 N–H and O–H groups in total. The minimum absolute atomic E-state index is 0.137. The molecule has 1 aliphatic rings. The zero-order valence-corrected chi connectivity index (χ0v) is 17.2. The summed E-state index contributed by atoms with van der Waals surface area (Å²) in [7, 11) is 0. The minimum atomic E-state index is -4.59. The number of amides is 1. The minimum Gasteiger partial charge on any atom is -0.465 e. The Morgan fingerprint density at radius 2 is 1.84 bits per heavy atom. The smallest absolute Gasteiger partial charge is 0.449 e. The van der Waals surface area contributed by atoms with Gasteiger partial charge in [-0.15, -0.1) is 0 Å². The first-order valence-electron chi connectivity index (χ1n) is 10.1. The van der Waals surface area contributed by atoms with Gasteiger partial charge in [0.2, 0.25) is 11.7 Å². The van der Waals surface area contributed by atoms with E-state index in [-0.39, 0.29) is 24.2 Å². The lowest BCUT2D eigenvalue weighted by Gasteiger charge is -2.27. The van der Waals surface area contributed by atoms with Crippen LogP contribution >= 0.6 is 0 Å². The molecule has 0 spiro atoms. The summed E-state index contributed by atoms with van der Waals surface area (Å²) in [5.41, 5.74) is 1.57. The van der Waals surface area contributed by atoms with Gasteiger partial charge < -0.3 is 15.0 Å². The summed E-state index contributed by atoms with van der Waals surface area (Å²) in [5.74, 6) is -1.98. The summed E-state index contributed by atoms with van der Waals surface area (Å²) < 4.78 is 43.7. The van der Waals surface area contributed by atoms with Crippen molar-refractivity contribution in [1.29, 1.82) is 0 Å². The zero-order valence-electron chi connectivity index (χ0n) is 17.2. The van der Waals surface area contributed by atoms with Crippen LogP contribution in [0.25, 0.3) is 11.0 Å². The van der Waals surface area contributed by atoms with Gasteiger partial charge in [-0.25, -0.2) is 4.98 Å². The van der Waals surface area contributed by atoms with Gasteiger partial charge in [-0.05, 0) is 36.2 Å². The predicted molar refractivity (Wildman–Crippen MR) is 111 cm³/mol. The highest BCUT2D eigenvalue weighted by molar-refractivity contribution is 5.95. The van der Waals surface area contributed by atoms with Gasteiger partial charge >= 0.3 is 12.1 Å². The predicted octanol–water partition coefficient (Wildman–Crippen LogP) is 3.21. The molecule has 168 valence electrons. The molecule has 0 saturated carbocycles. The molecule has 32 heavy (non-hydrogen) atoms. The number of nitrogens with zero attached hydrogens (tertiary/aromatic N) is 1. The average Bonchev–Trinajstić information content (AvgIpc) is 3.34. The number of hydrogen-bond donors (Lipinski definition) is 3. The number of esters is 1. The number of carbonyl (C=O) groups is 2. The van der Waals surface area contributed by atoms with E-state index in [4.69, 9.17) is 4.74 Å². The summed E-state index contributed by atoms with van der Waals surface area (Å²) in [6, 6.07) is 11.9. The molecule has 7 nitrogen and oxygen atoms in total. The first-order chi connectivity index (χ1) is 15.2. The Labute approximate surface area is 181 Å². The number of carbonyl (C=O) groups excluding carboxylic acids is 2. The molecule has 0 atom stereocenters. The Morgan fingerprint density at radius 3 is 2.47 bits per heavy atom. The number of H-pyrrole nitrogens is 1. The maximum Gasteiger partial charge on any atom is 0.449 e. The van der Waals surface area contributed by atoms with Crippen molar-refractivity contribution < 1.29 is 27.5 Å². The highest BCUT2D eigenvalue weighted by Crippen LogP contribution is 2.31. The van der Waals surface area contributed by atoms with Crippen LogP contribution in [0.5, 0.6) is 0 Å². The van der Waals surface area contributed by atoms with Crippen LogP contribution in [0.4, 0.5) is 18.9 Å². The second-order valence-electron chi connectivity index (χ2n) is 7.64. The maximum atomic E-state index is 12.8. The molecule has 10 heteroatoms. The van der Waals surface area contributed by atoms with Gasteiger partial charge in [0.15, 0.2) is 0 Å². The summed E-state index contributed by atoms with van der Waals surface area (Å²) in [6.45, 7) is 1.76. The van der Waals surface area contributed by atoms with Crippen LogP contribution in [-0.2, 0) is 33.3 Å². The van der Waals surface area contributed by atoms with Crippen molar-refractivity contribution in [2.45, 2.75) is 31.5 Å². The topological polar surface area (TPSA) is 96.1 Å². The molecular weight excluding hydrogens is 425 g/mol. The van der Waals surface area contributed by atoms with E-state index < -0.39 is 29.4 Å². The first kappa shape index (κ1) is 21.8. The lowest BCUT2D eigenvalue weighted by Crippen LogP contribution is -2.56. The van der Waals surface area contributed by atoms with E-state index in [1.54, 1.807) is 6.92 Å². The van der Waals surface area contributed by atoms with Crippen molar-refractivity contribution in [2.75, 3.05) is 18.5 Å². The third-order valence-corrected chi connectivity index (χ3v) is 5.39. The Balaban J connectivity index is 1.45. The monoisotopic (exact) mass is 446 g/mol. The number of anilines is 1. The molecule has 1 amide bonds. The molecule has 0 unspecified atom stereocenters. The first-order valence-corrected chi connectivity index (χ1v) is 10.1. The van der Waals surface area contributed by atoms with Gasteiger partial charge in [-0.1, -0.05) is 24.3 Å². The number of hydrogen-bond acceptors (Lipinski definition) is 5. The van der Waals surface area contributed by atoms with Crippen LogP contribution in [0.2, 0.25) is 0 Å². The fourth-order valence-electron chi connectivity index (χ4n) is 3.90. The highest BCUT2D eigenvalue weighted by Gasteiger charge is 2.45. The van der Waals surface area contributed by atoms with Crippen molar-refractivity contribution in [3.05, 3.63) is 59.4 Å². The number of imidazole rings is 1.